The molecule has 0 saturated carbocycles. The SMILES string of the molecule is C=CC(=O)N1CCC(c2nccnc2Oc2cccc(C)c2)CC1. The smallest absolute Gasteiger partial charge is 0.245 e. The minimum absolute atomic E-state index is 0.0103. The van der Waals surface area contributed by atoms with E-state index in [-0.39, 0.29) is 11.8 Å². The van der Waals surface area contributed by atoms with Crippen LogP contribution in [0.15, 0.2) is 49.3 Å². The van der Waals surface area contributed by atoms with Gasteiger partial charge in [0.05, 0.1) is 0 Å². The lowest BCUT2D eigenvalue weighted by Gasteiger charge is -2.31. The molecule has 1 aliphatic rings. The molecule has 1 aromatic carbocycles. The highest BCUT2D eigenvalue weighted by atomic mass is 16.5. The van der Waals surface area contributed by atoms with Gasteiger partial charge in [-0.1, -0.05) is 18.7 Å². The number of amides is 1. The van der Waals surface area contributed by atoms with Crippen LogP contribution in [0.5, 0.6) is 11.6 Å². The maximum Gasteiger partial charge on any atom is 0.245 e. The monoisotopic (exact) mass is 323 g/mol. The Balaban J connectivity index is 1.75. The van der Waals surface area contributed by atoms with Crippen LogP contribution >= 0.6 is 0 Å². The Hall–Kier alpha value is -2.69. The average molecular weight is 323 g/mol. The lowest BCUT2D eigenvalue weighted by atomic mass is 9.93. The first kappa shape index (κ1) is 16.2. The average Bonchev–Trinajstić information content (AvgIpc) is 2.62. The molecule has 5 nitrogen and oxygen atoms in total. The van der Waals surface area contributed by atoms with Crippen LogP contribution in [0, 0.1) is 6.92 Å². The van der Waals surface area contributed by atoms with E-state index in [2.05, 4.69) is 16.5 Å². The maximum absolute atomic E-state index is 11.7. The molecule has 0 bridgehead atoms. The number of aryl methyl sites for hydroxylation is 1. The summed E-state index contributed by atoms with van der Waals surface area (Å²) >= 11 is 0. The second kappa shape index (κ2) is 7.25. The molecule has 0 unspecified atom stereocenters. The summed E-state index contributed by atoms with van der Waals surface area (Å²) in [4.78, 5) is 22.4. The predicted molar refractivity (Wildman–Crippen MR) is 92.0 cm³/mol. The fourth-order valence-corrected chi connectivity index (χ4v) is 2.99. The van der Waals surface area contributed by atoms with Gasteiger partial charge in [0.25, 0.3) is 0 Å². The van der Waals surface area contributed by atoms with Crippen LogP contribution < -0.4 is 4.74 Å². The highest BCUT2D eigenvalue weighted by molar-refractivity contribution is 5.87. The quantitative estimate of drug-likeness (QED) is 0.809. The topological polar surface area (TPSA) is 55.3 Å². The molecule has 1 aromatic heterocycles. The molecule has 0 N–H and O–H groups in total. The van der Waals surface area contributed by atoms with E-state index >= 15 is 0 Å². The van der Waals surface area contributed by atoms with Gasteiger partial charge in [-0.05, 0) is 43.5 Å². The normalized spacial score (nSPS) is 15.1. The van der Waals surface area contributed by atoms with Crippen LogP contribution in [-0.2, 0) is 4.79 Å². The Morgan fingerprint density at radius 3 is 2.75 bits per heavy atom. The van der Waals surface area contributed by atoms with Gasteiger partial charge in [-0.3, -0.25) is 9.78 Å². The maximum atomic E-state index is 11.7. The molecule has 1 fully saturated rings. The first-order valence-corrected chi connectivity index (χ1v) is 8.14. The number of nitrogens with zero attached hydrogens (tertiary/aromatic N) is 3. The van der Waals surface area contributed by atoms with E-state index < -0.39 is 0 Å². The van der Waals surface area contributed by atoms with Crippen molar-refractivity contribution in [1.29, 1.82) is 0 Å². The van der Waals surface area contributed by atoms with Gasteiger partial charge in [-0.2, -0.15) is 0 Å². The van der Waals surface area contributed by atoms with Gasteiger partial charge in [0.2, 0.25) is 11.8 Å². The molecule has 24 heavy (non-hydrogen) atoms. The third kappa shape index (κ3) is 3.62. The molecule has 0 radical (unpaired) electrons. The Labute approximate surface area is 142 Å². The highest BCUT2D eigenvalue weighted by Gasteiger charge is 2.26. The molecule has 1 amide bonds. The molecule has 2 heterocycles. The molecule has 124 valence electrons. The van der Waals surface area contributed by atoms with E-state index in [1.165, 1.54) is 6.08 Å². The standard InChI is InChI=1S/C19H21N3O2/c1-3-17(23)22-11-7-15(8-12-22)18-19(21-10-9-20-18)24-16-6-4-5-14(2)13-16/h3-6,9-10,13,15H,1,7-8,11-12H2,2H3. The molecule has 2 aromatic rings. The van der Waals surface area contributed by atoms with E-state index in [1.807, 2.05) is 36.1 Å². The number of carbonyl (C=O) groups excluding carboxylic acids is 1. The van der Waals surface area contributed by atoms with Crippen molar-refractivity contribution in [3.05, 3.63) is 60.6 Å². The van der Waals surface area contributed by atoms with Crippen molar-refractivity contribution in [1.82, 2.24) is 14.9 Å². The Kier molecular flexibility index (Phi) is 4.89. The highest BCUT2D eigenvalue weighted by Crippen LogP contribution is 2.33. The lowest BCUT2D eigenvalue weighted by Crippen LogP contribution is -2.37. The van der Waals surface area contributed by atoms with Gasteiger partial charge < -0.3 is 9.64 Å². The summed E-state index contributed by atoms with van der Waals surface area (Å²) in [6.45, 7) is 6.98. The van der Waals surface area contributed by atoms with Crippen molar-refractivity contribution in [3.8, 4) is 11.6 Å². The molecular weight excluding hydrogens is 302 g/mol. The number of hydrogen-bond donors (Lipinski definition) is 0. The van der Waals surface area contributed by atoms with Crippen molar-refractivity contribution in [2.75, 3.05) is 13.1 Å². The summed E-state index contributed by atoms with van der Waals surface area (Å²) < 4.78 is 5.97. The molecule has 0 spiro atoms. The summed E-state index contributed by atoms with van der Waals surface area (Å²) in [5.74, 6) is 1.55. The number of aromatic nitrogens is 2. The minimum atomic E-state index is -0.0103. The number of piperidine rings is 1. The van der Waals surface area contributed by atoms with Gasteiger partial charge in [0.1, 0.15) is 11.4 Å². The molecule has 1 aliphatic heterocycles. The third-order valence-electron chi connectivity index (χ3n) is 4.26. The van der Waals surface area contributed by atoms with E-state index in [0.717, 1.165) is 29.8 Å². The second-order valence-corrected chi connectivity index (χ2v) is 5.97. The first-order chi connectivity index (χ1) is 11.7. The largest absolute Gasteiger partial charge is 0.437 e. The van der Waals surface area contributed by atoms with Crippen LogP contribution in [-0.4, -0.2) is 33.9 Å². The zero-order valence-corrected chi connectivity index (χ0v) is 13.8. The van der Waals surface area contributed by atoms with Crippen molar-refractivity contribution >= 4 is 5.91 Å². The van der Waals surface area contributed by atoms with Crippen molar-refractivity contribution in [2.45, 2.75) is 25.7 Å². The van der Waals surface area contributed by atoms with Crippen molar-refractivity contribution < 1.29 is 9.53 Å². The number of rotatable bonds is 4. The van der Waals surface area contributed by atoms with Gasteiger partial charge in [0, 0.05) is 31.4 Å². The fraction of sp³-hybridized carbons (Fsp3) is 0.316. The Morgan fingerprint density at radius 2 is 2.04 bits per heavy atom. The van der Waals surface area contributed by atoms with E-state index in [9.17, 15) is 4.79 Å². The van der Waals surface area contributed by atoms with Crippen molar-refractivity contribution in [2.24, 2.45) is 0 Å². The van der Waals surface area contributed by atoms with Crippen LogP contribution in [0.4, 0.5) is 0 Å². The van der Waals surface area contributed by atoms with Crippen LogP contribution in [0.2, 0.25) is 0 Å². The lowest BCUT2D eigenvalue weighted by molar-refractivity contribution is -0.127. The fourth-order valence-electron chi connectivity index (χ4n) is 2.99. The van der Waals surface area contributed by atoms with Crippen LogP contribution in [0.3, 0.4) is 0 Å². The number of likely N-dealkylation sites (tertiary alicyclic amines) is 1. The summed E-state index contributed by atoms with van der Waals surface area (Å²) in [6.07, 6.45) is 6.41. The molecule has 3 rings (SSSR count). The van der Waals surface area contributed by atoms with E-state index in [0.29, 0.717) is 19.0 Å². The van der Waals surface area contributed by atoms with Gasteiger partial charge in [-0.15, -0.1) is 0 Å². The molecule has 5 heteroatoms. The van der Waals surface area contributed by atoms with Crippen LogP contribution in [0.1, 0.15) is 30.0 Å². The number of ether oxygens (including phenoxy) is 1. The summed E-state index contributed by atoms with van der Waals surface area (Å²) in [5, 5.41) is 0. The molecule has 0 aliphatic carbocycles. The summed E-state index contributed by atoms with van der Waals surface area (Å²) in [5.41, 5.74) is 2.00. The number of carbonyl (C=O) groups is 1. The molecule has 0 atom stereocenters. The molecular formula is C19H21N3O2. The molecule has 1 saturated heterocycles. The second-order valence-electron chi connectivity index (χ2n) is 5.97. The Morgan fingerprint density at radius 1 is 1.29 bits per heavy atom. The Bertz CT molecular complexity index is 737. The van der Waals surface area contributed by atoms with Crippen molar-refractivity contribution in [3.63, 3.8) is 0 Å². The number of hydrogen-bond acceptors (Lipinski definition) is 4. The van der Waals surface area contributed by atoms with Crippen LogP contribution in [0.25, 0.3) is 0 Å². The zero-order valence-electron chi connectivity index (χ0n) is 13.8. The van der Waals surface area contributed by atoms with Gasteiger partial charge in [0.15, 0.2) is 0 Å². The number of benzene rings is 1. The predicted octanol–water partition coefficient (Wildman–Crippen LogP) is 3.47. The van der Waals surface area contributed by atoms with E-state index in [1.54, 1.807) is 12.4 Å². The third-order valence-corrected chi connectivity index (χ3v) is 4.26. The first-order valence-electron chi connectivity index (χ1n) is 8.14. The minimum Gasteiger partial charge on any atom is -0.437 e. The zero-order chi connectivity index (χ0) is 16.9. The van der Waals surface area contributed by atoms with Gasteiger partial charge in [-0.25, -0.2) is 4.98 Å². The van der Waals surface area contributed by atoms with E-state index in [4.69, 9.17) is 4.74 Å². The summed E-state index contributed by atoms with van der Waals surface area (Å²) in [7, 11) is 0. The summed E-state index contributed by atoms with van der Waals surface area (Å²) in [6, 6.07) is 7.87. The van der Waals surface area contributed by atoms with Gasteiger partial charge >= 0.3 is 0 Å².